The average molecular weight is 253 g/mol. The molecule has 0 aromatic carbocycles. The minimum Gasteiger partial charge on any atom is -0.466 e. The lowest BCUT2D eigenvalue weighted by Crippen LogP contribution is -2.52. The number of hydrazine groups is 1. The molecule has 1 aromatic rings. The van der Waals surface area contributed by atoms with E-state index < -0.39 is 11.9 Å². The molecule has 0 fully saturated rings. The van der Waals surface area contributed by atoms with Crippen molar-refractivity contribution in [3.8, 4) is 0 Å². The minimum atomic E-state index is -0.464. The SMILES string of the molecule is Cc1cc(C(=O)NNC(=O)NC(C)(C)C)c(C)o1. The summed E-state index contributed by atoms with van der Waals surface area (Å²) in [6.07, 6.45) is 0. The lowest BCUT2D eigenvalue weighted by molar-refractivity contribution is 0.0933. The van der Waals surface area contributed by atoms with Gasteiger partial charge in [-0.05, 0) is 40.7 Å². The fourth-order valence-electron chi connectivity index (χ4n) is 1.41. The third-order valence-electron chi connectivity index (χ3n) is 2.06. The number of urea groups is 1. The standard InChI is InChI=1S/C12H19N3O3/c1-7-6-9(8(2)18-7)10(16)14-15-11(17)13-12(3,4)5/h6H,1-5H3,(H,14,16)(H2,13,15,17). The summed E-state index contributed by atoms with van der Waals surface area (Å²) in [5.74, 6) is 0.758. The molecular formula is C12H19N3O3. The van der Waals surface area contributed by atoms with Crippen LogP contribution in [0.4, 0.5) is 4.79 Å². The van der Waals surface area contributed by atoms with Gasteiger partial charge in [0.1, 0.15) is 11.5 Å². The first kappa shape index (κ1) is 14.1. The number of carbonyl (C=O) groups is 2. The van der Waals surface area contributed by atoms with Crippen molar-refractivity contribution in [2.75, 3.05) is 0 Å². The van der Waals surface area contributed by atoms with Gasteiger partial charge in [0.25, 0.3) is 5.91 Å². The molecule has 0 aliphatic carbocycles. The number of amides is 3. The van der Waals surface area contributed by atoms with Crippen molar-refractivity contribution in [1.82, 2.24) is 16.2 Å². The molecular weight excluding hydrogens is 234 g/mol. The van der Waals surface area contributed by atoms with Gasteiger partial charge < -0.3 is 9.73 Å². The van der Waals surface area contributed by atoms with E-state index >= 15 is 0 Å². The molecule has 0 saturated carbocycles. The van der Waals surface area contributed by atoms with Gasteiger partial charge in [-0.2, -0.15) is 0 Å². The first-order valence-corrected chi connectivity index (χ1v) is 5.64. The molecule has 1 aromatic heterocycles. The van der Waals surface area contributed by atoms with Crippen molar-refractivity contribution in [3.63, 3.8) is 0 Å². The van der Waals surface area contributed by atoms with Crippen LogP contribution in [0.1, 0.15) is 42.6 Å². The Morgan fingerprint density at radius 3 is 2.22 bits per heavy atom. The highest BCUT2D eigenvalue weighted by molar-refractivity contribution is 5.96. The number of furan rings is 1. The van der Waals surface area contributed by atoms with Crippen LogP contribution >= 0.6 is 0 Å². The Labute approximate surface area is 106 Å². The molecule has 100 valence electrons. The summed E-state index contributed by atoms with van der Waals surface area (Å²) in [6, 6.07) is 1.15. The molecule has 0 saturated heterocycles. The van der Waals surface area contributed by atoms with Gasteiger partial charge in [-0.15, -0.1) is 0 Å². The molecule has 18 heavy (non-hydrogen) atoms. The number of carbonyl (C=O) groups excluding carboxylic acids is 2. The quantitative estimate of drug-likeness (QED) is 0.665. The fourth-order valence-corrected chi connectivity index (χ4v) is 1.41. The van der Waals surface area contributed by atoms with Crippen molar-refractivity contribution in [2.45, 2.75) is 40.2 Å². The molecule has 0 atom stereocenters. The normalized spacial score (nSPS) is 10.9. The van der Waals surface area contributed by atoms with Crippen LogP contribution in [0.3, 0.4) is 0 Å². The predicted octanol–water partition coefficient (Wildman–Crippen LogP) is 1.64. The maximum atomic E-state index is 11.7. The molecule has 0 aliphatic rings. The Morgan fingerprint density at radius 2 is 1.78 bits per heavy atom. The average Bonchev–Trinajstić information content (AvgIpc) is 2.52. The summed E-state index contributed by atoms with van der Waals surface area (Å²) in [5.41, 5.74) is 4.64. The Bertz CT molecular complexity index is 458. The maximum absolute atomic E-state index is 11.7. The monoisotopic (exact) mass is 253 g/mol. The highest BCUT2D eigenvalue weighted by Gasteiger charge is 2.16. The van der Waals surface area contributed by atoms with Crippen molar-refractivity contribution in [3.05, 3.63) is 23.2 Å². The molecule has 0 radical (unpaired) electrons. The van der Waals surface area contributed by atoms with E-state index in [-0.39, 0.29) is 5.54 Å². The molecule has 3 amide bonds. The fraction of sp³-hybridized carbons (Fsp3) is 0.500. The number of nitrogens with one attached hydrogen (secondary N) is 3. The zero-order chi connectivity index (χ0) is 13.9. The topological polar surface area (TPSA) is 83.4 Å². The second-order valence-corrected chi connectivity index (χ2v) is 5.11. The zero-order valence-electron chi connectivity index (χ0n) is 11.3. The van der Waals surface area contributed by atoms with Gasteiger partial charge in [-0.1, -0.05) is 0 Å². The summed E-state index contributed by atoms with van der Waals surface area (Å²) in [7, 11) is 0. The predicted molar refractivity (Wildman–Crippen MR) is 67.1 cm³/mol. The van der Waals surface area contributed by atoms with E-state index in [2.05, 4.69) is 16.2 Å². The molecule has 6 heteroatoms. The number of hydrogen-bond acceptors (Lipinski definition) is 3. The summed E-state index contributed by atoms with van der Waals surface area (Å²) in [4.78, 5) is 23.2. The zero-order valence-corrected chi connectivity index (χ0v) is 11.3. The lowest BCUT2D eigenvalue weighted by atomic mass is 10.1. The Balaban J connectivity index is 2.52. The first-order valence-electron chi connectivity index (χ1n) is 5.64. The van der Waals surface area contributed by atoms with Gasteiger partial charge >= 0.3 is 6.03 Å². The van der Waals surface area contributed by atoms with Crippen molar-refractivity contribution in [1.29, 1.82) is 0 Å². The van der Waals surface area contributed by atoms with E-state index in [1.807, 2.05) is 20.8 Å². The Kier molecular flexibility index (Phi) is 4.00. The molecule has 3 N–H and O–H groups in total. The van der Waals surface area contributed by atoms with Crippen LogP contribution in [0.5, 0.6) is 0 Å². The smallest absolute Gasteiger partial charge is 0.333 e. The van der Waals surface area contributed by atoms with E-state index in [4.69, 9.17) is 4.42 Å². The van der Waals surface area contributed by atoms with Crippen molar-refractivity contribution >= 4 is 11.9 Å². The molecule has 6 nitrogen and oxygen atoms in total. The lowest BCUT2D eigenvalue weighted by Gasteiger charge is -2.20. The van der Waals surface area contributed by atoms with Gasteiger partial charge in [0, 0.05) is 5.54 Å². The van der Waals surface area contributed by atoms with E-state index in [1.54, 1.807) is 19.9 Å². The molecule has 0 spiro atoms. The van der Waals surface area contributed by atoms with Crippen LogP contribution in [0.2, 0.25) is 0 Å². The van der Waals surface area contributed by atoms with E-state index in [1.165, 1.54) is 0 Å². The number of rotatable bonds is 1. The van der Waals surface area contributed by atoms with Crippen LogP contribution in [0.15, 0.2) is 10.5 Å². The summed E-state index contributed by atoms with van der Waals surface area (Å²) >= 11 is 0. The maximum Gasteiger partial charge on any atom is 0.333 e. The van der Waals surface area contributed by atoms with Gasteiger partial charge in [-0.25, -0.2) is 10.2 Å². The Hall–Kier alpha value is -1.98. The Morgan fingerprint density at radius 1 is 1.17 bits per heavy atom. The van der Waals surface area contributed by atoms with E-state index in [9.17, 15) is 9.59 Å². The van der Waals surface area contributed by atoms with Crippen LogP contribution in [0.25, 0.3) is 0 Å². The summed E-state index contributed by atoms with van der Waals surface area (Å²) in [6.45, 7) is 8.98. The highest BCUT2D eigenvalue weighted by Crippen LogP contribution is 2.12. The second kappa shape index (κ2) is 5.12. The van der Waals surface area contributed by atoms with Crippen LogP contribution < -0.4 is 16.2 Å². The first-order chi connectivity index (χ1) is 8.19. The van der Waals surface area contributed by atoms with Gasteiger partial charge in [0.05, 0.1) is 5.56 Å². The number of hydrogen-bond donors (Lipinski definition) is 3. The third-order valence-corrected chi connectivity index (χ3v) is 2.06. The summed E-state index contributed by atoms with van der Waals surface area (Å²) < 4.78 is 5.23. The van der Waals surface area contributed by atoms with Gasteiger partial charge in [0.2, 0.25) is 0 Å². The van der Waals surface area contributed by atoms with Crippen molar-refractivity contribution < 1.29 is 14.0 Å². The highest BCUT2D eigenvalue weighted by atomic mass is 16.3. The third kappa shape index (κ3) is 4.12. The van der Waals surface area contributed by atoms with Gasteiger partial charge in [-0.3, -0.25) is 10.2 Å². The van der Waals surface area contributed by atoms with Crippen LogP contribution in [0, 0.1) is 13.8 Å². The summed E-state index contributed by atoms with van der Waals surface area (Å²) in [5, 5.41) is 2.66. The largest absolute Gasteiger partial charge is 0.466 e. The molecule has 0 aliphatic heterocycles. The van der Waals surface area contributed by atoms with Crippen LogP contribution in [-0.4, -0.2) is 17.5 Å². The molecule has 1 heterocycles. The van der Waals surface area contributed by atoms with E-state index in [0.717, 1.165) is 0 Å². The molecule has 0 unspecified atom stereocenters. The minimum absolute atomic E-state index is 0.364. The van der Waals surface area contributed by atoms with Crippen LogP contribution in [-0.2, 0) is 0 Å². The van der Waals surface area contributed by atoms with E-state index in [0.29, 0.717) is 17.1 Å². The van der Waals surface area contributed by atoms with Crippen molar-refractivity contribution in [2.24, 2.45) is 0 Å². The molecule has 0 bridgehead atoms. The van der Waals surface area contributed by atoms with Gasteiger partial charge in [0.15, 0.2) is 0 Å². The number of aryl methyl sites for hydroxylation is 2. The second-order valence-electron chi connectivity index (χ2n) is 5.11. The molecule has 1 rings (SSSR count).